The van der Waals surface area contributed by atoms with Gasteiger partial charge in [-0.3, -0.25) is 23.6 Å². The second-order valence-corrected chi connectivity index (χ2v) is 6.90. The summed E-state index contributed by atoms with van der Waals surface area (Å²) >= 11 is 0. The fourth-order valence-corrected chi connectivity index (χ4v) is 3.42. The number of piperidine rings is 1. The number of imidazole rings is 1. The normalized spacial score (nSPS) is 16.6. The number of nitrogens with zero attached hydrogens (tertiary/aromatic N) is 3. The first-order chi connectivity index (χ1) is 13.8. The van der Waals surface area contributed by atoms with Gasteiger partial charge in [-0.25, -0.2) is 9.59 Å². The van der Waals surface area contributed by atoms with E-state index in [0.29, 0.717) is 36.8 Å². The van der Waals surface area contributed by atoms with Gasteiger partial charge < -0.3 is 10.4 Å². The molecule has 3 rings (SSSR count). The summed E-state index contributed by atoms with van der Waals surface area (Å²) in [6.45, 7) is 0.340. The number of likely N-dealkylation sites (tertiary alicyclic amines) is 1. The Balaban J connectivity index is 1.86. The molecule has 2 heterocycles. The maximum absolute atomic E-state index is 12.8. The van der Waals surface area contributed by atoms with Crippen LogP contribution in [-0.2, 0) is 16.6 Å². The van der Waals surface area contributed by atoms with E-state index in [9.17, 15) is 19.2 Å². The molecule has 152 valence electrons. The van der Waals surface area contributed by atoms with E-state index >= 15 is 0 Å². The lowest BCUT2D eigenvalue weighted by atomic mass is 10.0. The van der Waals surface area contributed by atoms with Crippen molar-refractivity contribution in [2.45, 2.75) is 31.7 Å². The van der Waals surface area contributed by atoms with Gasteiger partial charge >= 0.3 is 11.8 Å². The minimum atomic E-state index is -1.05. The average Bonchev–Trinajstić information content (AvgIpc) is 2.93. The van der Waals surface area contributed by atoms with Crippen LogP contribution < -0.4 is 11.0 Å². The van der Waals surface area contributed by atoms with E-state index in [2.05, 4.69) is 17.2 Å². The zero-order valence-electron chi connectivity index (χ0n) is 16.3. The van der Waals surface area contributed by atoms with Gasteiger partial charge in [0.05, 0.1) is 11.0 Å². The summed E-state index contributed by atoms with van der Waals surface area (Å²) in [6, 6.07) is 4.63. The largest absolute Gasteiger partial charge is 0.465 e. The number of rotatable bonds is 4. The molecule has 2 aromatic rings. The molecule has 9 heteroatoms. The standard InChI is InChI=1S/C20H22N4O5/c1-22-16-12-13(6-4-3-5-11-21-19(27)28)7-8-14(16)24(20(22)29)15-9-10-17(25)23(2)18(15)26/h7-8,12,15,21H,3,5,9-11H2,1-2H3,(H,27,28). The van der Waals surface area contributed by atoms with Crippen LogP contribution in [0.4, 0.5) is 4.79 Å². The highest BCUT2D eigenvalue weighted by Gasteiger charge is 2.35. The first-order valence-corrected chi connectivity index (χ1v) is 9.28. The molecule has 1 aliphatic rings. The van der Waals surface area contributed by atoms with Crippen molar-refractivity contribution in [2.24, 2.45) is 7.05 Å². The van der Waals surface area contributed by atoms with E-state index in [1.807, 2.05) is 0 Å². The number of carboxylic acid groups (broad SMARTS) is 1. The van der Waals surface area contributed by atoms with Crippen LogP contribution in [0.2, 0.25) is 0 Å². The predicted octanol–water partition coefficient (Wildman–Crippen LogP) is 1.06. The molecule has 9 nitrogen and oxygen atoms in total. The summed E-state index contributed by atoms with van der Waals surface area (Å²) in [7, 11) is 3.07. The number of aromatic nitrogens is 2. The van der Waals surface area contributed by atoms with Crippen molar-refractivity contribution in [3.05, 3.63) is 34.2 Å². The molecular weight excluding hydrogens is 376 g/mol. The van der Waals surface area contributed by atoms with Crippen molar-refractivity contribution >= 4 is 28.9 Å². The molecular formula is C20H22N4O5. The van der Waals surface area contributed by atoms with Crippen LogP contribution in [0, 0.1) is 11.8 Å². The number of hydrogen-bond donors (Lipinski definition) is 2. The summed E-state index contributed by atoms with van der Waals surface area (Å²) < 4.78 is 2.93. The molecule has 0 radical (unpaired) electrons. The molecule has 1 aromatic carbocycles. The molecule has 1 saturated heterocycles. The lowest BCUT2D eigenvalue weighted by Crippen LogP contribution is -2.45. The summed E-state index contributed by atoms with van der Waals surface area (Å²) in [5.74, 6) is 5.38. The highest BCUT2D eigenvalue weighted by Crippen LogP contribution is 2.26. The SMILES string of the molecule is CN1C(=O)CCC(n2c(=O)n(C)c3cc(C#CCCCNC(=O)O)ccc32)C1=O. The van der Waals surface area contributed by atoms with E-state index in [0.717, 1.165) is 10.5 Å². The van der Waals surface area contributed by atoms with Gasteiger partial charge in [-0.15, -0.1) is 0 Å². The number of carbonyl (C=O) groups excluding carboxylic acids is 2. The molecule has 1 fully saturated rings. The molecule has 3 amide bonds. The first-order valence-electron chi connectivity index (χ1n) is 9.28. The van der Waals surface area contributed by atoms with E-state index in [4.69, 9.17) is 5.11 Å². The van der Waals surface area contributed by atoms with Crippen LogP contribution in [0.25, 0.3) is 11.0 Å². The van der Waals surface area contributed by atoms with Gasteiger partial charge in [0, 0.05) is 39.0 Å². The summed E-state index contributed by atoms with van der Waals surface area (Å²) in [5, 5.41) is 10.8. The third-order valence-corrected chi connectivity index (χ3v) is 5.01. The number of benzene rings is 1. The number of carbonyl (C=O) groups is 3. The Morgan fingerprint density at radius 2 is 2.00 bits per heavy atom. The van der Waals surface area contributed by atoms with Gasteiger partial charge in [0.15, 0.2) is 0 Å². The van der Waals surface area contributed by atoms with E-state index in [1.54, 1.807) is 25.2 Å². The highest BCUT2D eigenvalue weighted by atomic mass is 16.4. The van der Waals surface area contributed by atoms with Crippen LogP contribution in [0.1, 0.15) is 37.3 Å². The van der Waals surface area contributed by atoms with E-state index in [-0.39, 0.29) is 23.9 Å². The molecule has 1 aromatic heterocycles. The van der Waals surface area contributed by atoms with Gasteiger partial charge in [-0.2, -0.15) is 0 Å². The lowest BCUT2D eigenvalue weighted by Gasteiger charge is -2.28. The topological polar surface area (TPSA) is 114 Å². The third kappa shape index (κ3) is 4.01. The number of unbranched alkanes of at least 4 members (excludes halogenated alkanes) is 1. The lowest BCUT2D eigenvalue weighted by molar-refractivity contribution is -0.149. The first kappa shape index (κ1) is 20.2. The molecule has 0 bridgehead atoms. The smallest absolute Gasteiger partial charge is 0.404 e. The number of aryl methyl sites for hydroxylation is 1. The number of likely N-dealkylation sites (N-methyl/N-ethyl adjacent to an activating group) is 1. The molecule has 1 atom stereocenters. The molecule has 0 aliphatic carbocycles. The minimum absolute atomic E-state index is 0.218. The van der Waals surface area contributed by atoms with E-state index in [1.165, 1.54) is 16.2 Å². The molecule has 2 N–H and O–H groups in total. The van der Waals surface area contributed by atoms with Gasteiger partial charge in [0.25, 0.3) is 5.91 Å². The molecule has 29 heavy (non-hydrogen) atoms. The quantitative estimate of drug-likeness (QED) is 0.454. The monoisotopic (exact) mass is 398 g/mol. The van der Waals surface area contributed by atoms with Crippen LogP contribution >= 0.6 is 0 Å². The molecule has 1 unspecified atom stereocenters. The van der Waals surface area contributed by atoms with Crippen LogP contribution in [0.3, 0.4) is 0 Å². The van der Waals surface area contributed by atoms with Crippen molar-refractivity contribution in [3.63, 3.8) is 0 Å². The van der Waals surface area contributed by atoms with E-state index < -0.39 is 12.1 Å². The Kier molecular flexibility index (Phi) is 5.73. The van der Waals surface area contributed by atoms with Gasteiger partial charge in [-0.05, 0) is 31.0 Å². The number of amides is 3. The Labute approximate surface area is 166 Å². The maximum Gasteiger partial charge on any atom is 0.404 e. The third-order valence-electron chi connectivity index (χ3n) is 5.01. The second kappa shape index (κ2) is 8.22. The van der Waals surface area contributed by atoms with Crippen LogP contribution in [0.5, 0.6) is 0 Å². The van der Waals surface area contributed by atoms with Crippen molar-refractivity contribution < 1.29 is 19.5 Å². The number of nitrogens with one attached hydrogen (secondary N) is 1. The summed E-state index contributed by atoms with van der Waals surface area (Å²) in [4.78, 5) is 48.6. The van der Waals surface area contributed by atoms with Crippen molar-refractivity contribution in [3.8, 4) is 11.8 Å². The Bertz CT molecular complexity index is 1100. The zero-order chi connectivity index (χ0) is 21.1. The number of hydrogen-bond acceptors (Lipinski definition) is 4. The predicted molar refractivity (Wildman–Crippen MR) is 105 cm³/mol. The summed E-state index contributed by atoms with van der Waals surface area (Å²) in [6.07, 6.45) is 0.603. The number of fused-ring (bicyclic) bond motifs is 1. The van der Waals surface area contributed by atoms with Gasteiger partial charge in [0.2, 0.25) is 5.91 Å². The van der Waals surface area contributed by atoms with Crippen LogP contribution in [-0.4, -0.2) is 50.6 Å². The Morgan fingerprint density at radius 1 is 1.24 bits per heavy atom. The zero-order valence-corrected chi connectivity index (χ0v) is 16.3. The summed E-state index contributed by atoms with van der Waals surface area (Å²) in [5.41, 5.74) is 1.68. The fourth-order valence-electron chi connectivity index (χ4n) is 3.42. The second-order valence-electron chi connectivity index (χ2n) is 6.90. The fraction of sp³-hybridized carbons (Fsp3) is 0.400. The number of imide groups is 1. The van der Waals surface area contributed by atoms with Crippen molar-refractivity contribution in [1.29, 1.82) is 0 Å². The highest BCUT2D eigenvalue weighted by molar-refractivity contribution is 5.99. The Morgan fingerprint density at radius 3 is 2.72 bits per heavy atom. The molecule has 0 saturated carbocycles. The minimum Gasteiger partial charge on any atom is -0.465 e. The maximum atomic E-state index is 12.8. The molecule has 0 spiro atoms. The molecule has 1 aliphatic heterocycles. The average molecular weight is 398 g/mol. The van der Waals surface area contributed by atoms with Crippen molar-refractivity contribution in [2.75, 3.05) is 13.6 Å². The van der Waals surface area contributed by atoms with Gasteiger partial charge in [0.1, 0.15) is 6.04 Å². The van der Waals surface area contributed by atoms with Crippen molar-refractivity contribution in [1.82, 2.24) is 19.4 Å². The van der Waals surface area contributed by atoms with Gasteiger partial charge in [-0.1, -0.05) is 11.8 Å². The van der Waals surface area contributed by atoms with Crippen LogP contribution in [0.15, 0.2) is 23.0 Å². The Hall–Kier alpha value is -3.54.